The van der Waals surface area contributed by atoms with Crippen LogP contribution >= 0.6 is 0 Å². The van der Waals surface area contributed by atoms with E-state index < -0.39 is 41.3 Å². The number of unbranched alkanes of at least 4 members (excludes halogenated alkanes) is 1. The minimum absolute atomic E-state index is 0.128. The summed E-state index contributed by atoms with van der Waals surface area (Å²) in [5, 5.41) is 21.5. The quantitative estimate of drug-likeness (QED) is 0.0413. The number of phenols is 1. The summed E-state index contributed by atoms with van der Waals surface area (Å²) in [6, 6.07) is 11.4. The van der Waals surface area contributed by atoms with Crippen molar-refractivity contribution in [1.82, 2.24) is 5.32 Å². The van der Waals surface area contributed by atoms with Crippen molar-refractivity contribution >= 4 is 29.8 Å². The number of nitrogens with one attached hydrogen (secondary N) is 1. The van der Waals surface area contributed by atoms with Gasteiger partial charge in [-0.1, -0.05) is 106 Å². The lowest BCUT2D eigenvalue weighted by Crippen LogP contribution is -2.49. The molecule has 11 nitrogen and oxygen atoms in total. The number of carboxylic acid groups (broad SMARTS) is 1. The van der Waals surface area contributed by atoms with Gasteiger partial charge in [0.2, 0.25) is 0 Å². The molecule has 1 atom stereocenters. The van der Waals surface area contributed by atoms with E-state index in [0.29, 0.717) is 12.8 Å². The number of carbonyl (C=O) groups excluding carboxylic acids is 4. The van der Waals surface area contributed by atoms with Crippen LogP contribution in [-0.2, 0) is 23.9 Å². The summed E-state index contributed by atoms with van der Waals surface area (Å²) in [6.07, 6.45) is 25.2. The Morgan fingerprint density at radius 3 is 1.89 bits per heavy atom. The van der Waals surface area contributed by atoms with Gasteiger partial charge >= 0.3 is 23.9 Å². The molecule has 0 spiro atoms. The van der Waals surface area contributed by atoms with Gasteiger partial charge in [0.05, 0.1) is 6.42 Å². The molecule has 0 aliphatic heterocycles. The molecule has 1 amide bonds. The van der Waals surface area contributed by atoms with Gasteiger partial charge in [-0.05, 0) is 69.2 Å². The lowest BCUT2D eigenvalue weighted by atomic mass is 9.86. The van der Waals surface area contributed by atoms with Crippen LogP contribution in [0.2, 0.25) is 0 Å². The van der Waals surface area contributed by atoms with Crippen LogP contribution in [0.4, 0.5) is 0 Å². The summed E-state index contributed by atoms with van der Waals surface area (Å²) < 4.78 is 16.5. The zero-order chi connectivity index (χ0) is 39.6. The Morgan fingerprint density at radius 1 is 0.741 bits per heavy atom. The predicted octanol–water partition coefficient (Wildman–Crippen LogP) is 8.22. The summed E-state index contributed by atoms with van der Waals surface area (Å²) in [7, 11) is 0. The molecule has 3 N–H and O–H groups in total. The highest BCUT2D eigenvalue weighted by Gasteiger charge is 2.40. The van der Waals surface area contributed by atoms with E-state index in [-0.39, 0.29) is 48.6 Å². The molecule has 290 valence electrons. The van der Waals surface area contributed by atoms with E-state index >= 15 is 0 Å². The van der Waals surface area contributed by atoms with Crippen LogP contribution in [0.15, 0.2) is 109 Å². The number of allylic oxidation sites excluding steroid dienone is 10. The molecule has 0 aromatic heterocycles. The van der Waals surface area contributed by atoms with Crippen LogP contribution in [0.1, 0.15) is 99.3 Å². The van der Waals surface area contributed by atoms with Crippen molar-refractivity contribution in [2.24, 2.45) is 5.41 Å². The maximum Gasteiger partial charge on any atom is 0.347 e. The van der Waals surface area contributed by atoms with Gasteiger partial charge in [-0.3, -0.25) is 14.4 Å². The summed E-state index contributed by atoms with van der Waals surface area (Å²) in [6.45, 7) is 4.73. The van der Waals surface area contributed by atoms with E-state index in [1.807, 2.05) is 12.2 Å². The van der Waals surface area contributed by atoms with Gasteiger partial charge in [-0.2, -0.15) is 0 Å². The van der Waals surface area contributed by atoms with Gasteiger partial charge in [0.25, 0.3) is 5.91 Å². The van der Waals surface area contributed by atoms with Crippen molar-refractivity contribution in [3.63, 3.8) is 0 Å². The van der Waals surface area contributed by atoms with Crippen LogP contribution < -0.4 is 10.1 Å². The van der Waals surface area contributed by atoms with Crippen LogP contribution in [0.25, 0.3) is 0 Å². The fourth-order valence-electron chi connectivity index (χ4n) is 4.80. The second-order valence-corrected chi connectivity index (χ2v) is 12.9. The van der Waals surface area contributed by atoms with Crippen molar-refractivity contribution in [1.29, 1.82) is 0 Å². The Bertz CT molecular complexity index is 1670. The Balaban J connectivity index is 1.92. The number of amides is 1. The standard InChI is InChI=1S/C43H53NO10/c1-4-5-6-7-8-9-10-11-12-13-14-15-16-17-18-19-20-29-38(48)52-32-43(2,3)39(40(49)44-31-30-37(46)47)54-42(51)34-26-22-24-28-36(34)53-41(50)33-25-21-23-27-35(33)45/h5-6,8-9,11-12,14-15,17-18,21-28,39,45H,4,7,10,13,16,19-20,29-32H2,1-3H3,(H,44,49)(H,46,47)/t39-/m1/s1. The normalized spacial score (nSPS) is 12.5. The third-order valence-corrected chi connectivity index (χ3v) is 7.76. The van der Waals surface area contributed by atoms with Crippen molar-refractivity contribution in [3.05, 3.63) is 120 Å². The first-order chi connectivity index (χ1) is 26.0. The second-order valence-electron chi connectivity index (χ2n) is 12.9. The largest absolute Gasteiger partial charge is 0.507 e. The van der Waals surface area contributed by atoms with Gasteiger partial charge in [0, 0.05) is 18.4 Å². The summed E-state index contributed by atoms with van der Waals surface area (Å²) in [5.41, 5.74) is -1.58. The molecular formula is C43H53NO10. The Kier molecular flexibility index (Phi) is 20.8. The molecule has 0 saturated heterocycles. The average Bonchev–Trinajstić information content (AvgIpc) is 3.14. The maximum absolute atomic E-state index is 13.5. The fraction of sp³-hybridized carbons (Fsp3) is 0.372. The van der Waals surface area contributed by atoms with E-state index in [1.54, 1.807) is 13.8 Å². The van der Waals surface area contributed by atoms with Gasteiger partial charge in [0.1, 0.15) is 29.2 Å². The molecule has 54 heavy (non-hydrogen) atoms. The van der Waals surface area contributed by atoms with E-state index in [4.69, 9.17) is 19.3 Å². The fourth-order valence-corrected chi connectivity index (χ4v) is 4.80. The molecular weight excluding hydrogens is 690 g/mol. The molecule has 0 radical (unpaired) electrons. The first-order valence-corrected chi connectivity index (χ1v) is 18.2. The highest BCUT2D eigenvalue weighted by Crippen LogP contribution is 2.29. The molecule has 2 aromatic rings. The van der Waals surface area contributed by atoms with Crippen LogP contribution in [-0.4, -0.2) is 59.3 Å². The lowest BCUT2D eigenvalue weighted by molar-refractivity contribution is -0.153. The molecule has 0 aliphatic rings. The number of rotatable bonds is 24. The number of hydrogen-bond donors (Lipinski definition) is 3. The van der Waals surface area contributed by atoms with Gasteiger partial charge in [0.15, 0.2) is 6.10 Å². The topological polar surface area (TPSA) is 166 Å². The van der Waals surface area contributed by atoms with E-state index in [1.165, 1.54) is 48.5 Å². The van der Waals surface area contributed by atoms with Crippen molar-refractivity contribution < 1.29 is 48.4 Å². The maximum atomic E-state index is 13.5. The van der Waals surface area contributed by atoms with E-state index in [0.717, 1.165) is 32.1 Å². The molecule has 0 bridgehead atoms. The smallest absolute Gasteiger partial charge is 0.347 e. The number of para-hydroxylation sites is 2. The molecule has 0 saturated carbocycles. The second kappa shape index (κ2) is 25.3. The van der Waals surface area contributed by atoms with E-state index in [9.17, 15) is 29.1 Å². The molecule has 0 unspecified atom stereocenters. The number of aromatic hydroxyl groups is 1. The van der Waals surface area contributed by atoms with Crippen molar-refractivity contribution in [2.75, 3.05) is 13.2 Å². The van der Waals surface area contributed by atoms with Gasteiger partial charge in [-0.15, -0.1) is 0 Å². The number of esters is 3. The molecule has 0 aliphatic carbocycles. The SMILES string of the molecule is CCC=CCC=CCC=CCC=CCC=CCCCC(=O)OCC(C)(C)[C@H](OC(=O)c1ccccc1OC(=O)c1ccccc1O)C(=O)NCCC(=O)O. The Labute approximate surface area is 318 Å². The summed E-state index contributed by atoms with van der Waals surface area (Å²) in [5.74, 6) is -4.87. The first kappa shape index (κ1) is 44.5. The number of carbonyl (C=O) groups is 5. The minimum atomic E-state index is -1.53. The molecule has 2 aromatic carbocycles. The number of aliphatic carboxylic acids is 1. The number of ether oxygens (including phenoxy) is 3. The molecule has 2 rings (SSSR count). The first-order valence-electron chi connectivity index (χ1n) is 18.2. The monoisotopic (exact) mass is 743 g/mol. The number of hydrogen-bond acceptors (Lipinski definition) is 9. The third-order valence-electron chi connectivity index (χ3n) is 7.76. The lowest BCUT2D eigenvalue weighted by Gasteiger charge is -2.32. The average molecular weight is 744 g/mol. The van der Waals surface area contributed by atoms with Crippen molar-refractivity contribution in [3.8, 4) is 11.5 Å². The van der Waals surface area contributed by atoms with Gasteiger partial charge in [-0.25, -0.2) is 9.59 Å². The van der Waals surface area contributed by atoms with Crippen LogP contribution in [0, 0.1) is 5.41 Å². The van der Waals surface area contributed by atoms with Gasteiger partial charge < -0.3 is 29.7 Å². The van der Waals surface area contributed by atoms with E-state index in [2.05, 4.69) is 60.8 Å². The molecule has 11 heteroatoms. The zero-order valence-corrected chi connectivity index (χ0v) is 31.4. The molecule has 0 fully saturated rings. The zero-order valence-electron chi connectivity index (χ0n) is 31.4. The highest BCUT2D eigenvalue weighted by atomic mass is 16.6. The Hall–Kier alpha value is -5.71. The number of phenolic OH excluding ortho intramolecular Hbond substituents is 1. The van der Waals surface area contributed by atoms with Crippen LogP contribution in [0.5, 0.6) is 11.5 Å². The highest BCUT2D eigenvalue weighted by molar-refractivity contribution is 5.98. The predicted molar refractivity (Wildman–Crippen MR) is 207 cm³/mol. The number of carboxylic acids is 1. The van der Waals surface area contributed by atoms with Crippen LogP contribution in [0.3, 0.4) is 0 Å². The Morgan fingerprint density at radius 2 is 1.30 bits per heavy atom. The molecule has 0 heterocycles. The van der Waals surface area contributed by atoms with Crippen molar-refractivity contribution in [2.45, 2.75) is 84.7 Å². The summed E-state index contributed by atoms with van der Waals surface area (Å²) >= 11 is 0. The minimum Gasteiger partial charge on any atom is -0.507 e. The number of benzene rings is 2. The third kappa shape index (κ3) is 17.7. The summed E-state index contributed by atoms with van der Waals surface area (Å²) in [4.78, 5) is 63.1.